The third-order valence-corrected chi connectivity index (χ3v) is 3.01. The molecule has 1 amide bonds. The SMILES string of the molecule is COC(=O)CCC(=O)Nc1ccc(Br)c(Cl)n1. The van der Waals surface area contributed by atoms with Crippen molar-refractivity contribution in [2.75, 3.05) is 12.4 Å². The summed E-state index contributed by atoms with van der Waals surface area (Å²) >= 11 is 8.95. The van der Waals surface area contributed by atoms with Gasteiger partial charge in [-0.2, -0.15) is 0 Å². The molecule has 0 saturated heterocycles. The van der Waals surface area contributed by atoms with Crippen LogP contribution in [0.3, 0.4) is 0 Å². The number of aromatic nitrogens is 1. The first-order valence-corrected chi connectivity index (χ1v) is 5.88. The fraction of sp³-hybridized carbons (Fsp3) is 0.300. The lowest BCUT2D eigenvalue weighted by molar-refractivity contribution is -0.141. The minimum atomic E-state index is -0.429. The highest BCUT2D eigenvalue weighted by molar-refractivity contribution is 9.10. The number of rotatable bonds is 4. The van der Waals surface area contributed by atoms with Gasteiger partial charge in [-0.25, -0.2) is 4.98 Å². The van der Waals surface area contributed by atoms with Crippen molar-refractivity contribution < 1.29 is 14.3 Å². The van der Waals surface area contributed by atoms with E-state index >= 15 is 0 Å². The Labute approximate surface area is 112 Å². The molecule has 1 N–H and O–H groups in total. The molecule has 0 bridgehead atoms. The molecule has 0 fully saturated rings. The van der Waals surface area contributed by atoms with Crippen LogP contribution >= 0.6 is 27.5 Å². The quantitative estimate of drug-likeness (QED) is 0.683. The first-order valence-electron chi connectivity index (χ1n) is 4.71. The zero-order valence-electron chi connectivity index (χ0n) is 9.00. The van der Waals surface area contributed by atoms with Crippen LogP contribution in [0.25, 0.3) is 0 Å². The van der Waals surface area contributed by atoms with Crippen molar-refractivity contribution in [3.8, 4) is 0 Å². The Kier molecular flexibility index (Phi) is 5.37. The van der Waals surface area contributed by atoms with Gasteiger partial charge in [0.1, 0.15) is 11.0 Å². The summed E-state index contributed by atoms with van der Waals surface area (Å²) in [6, 6.07) is 3.28. The van der Waals surface area contributed by atoms with Gasteiger partial charge < -0.3 is 10.1 Å². The number of hydrogen-bond donors (Lipinski definition) is 1. The molecular weight excluding hydrogens is 311 g/mol. The van der Waals surface area contributed by atoms with Crippen molar-refractivity contribution in [2.45, 2.75) is 12.8 Å². The zero-order chi connectivity index (χ0) is 12.8. The number of methoxy groups -OCH3 is 1. The largest absolute Gasteiger partial charge is 0.469 e. The van der Waals surface area contributed by atoms with E-state index in [1.54, 1.807) is 12.1 Å². The number of anilines is 1. The average molecular weight is 322 g/mol. The second kappa shape index (κ2) is 6.56. The lowest BCUT2D eigenvalue weighted by Crippen LogP contribution is -2.14. The Morgan fingerprint density at radius 1 is 1.47 bits per heavy atom. The molecule has 0 unspecified atom stereocenters. The van der Waals surface area contributed by atoms with Crippen LogP contribution < -0.4 is 5.32 Å². The van der Waals surface area contributed by atoms with Crippen LogP contribution in [0.2, 0.25) is 5.15 Å². The second-order valence-corrected chi connectivity index (χ2v) is 4.31. The fourth-order valence-corrected chi connectivity index (χ4v) is 1.38. The average Bonchev–Trinajstić information content (AvgIpc) is 2.31. The smallest absolute Gasteiger partial charge is 0.306 e. The van der Waals surface area contributed by atoms with Crippen LogP contribution in [0.5, 0.6) is 0 Å². The number of nitrogens with one attached hydrogen (secondary N) is 1. The van der Waals surface area contributed by atoms with Crippen LogP contribution in [0, 0.1) is 0 Å². The Morgan fingerprint density at radius 2 is 2.18 bits per heavy atom. The summed E-state index contributed by atoms with van der Waals surface area (Å²) in [4.78, 5) is 26.2. The number of esters is 1. The molecule has 1 rings (SSSR count). The van der Waals surface area contributed by atoms with E-state index in [0.29, 0.717) is 10.3 Å². The molecule has 0 atom stereocenters. The summed E-state index contributed by atoms with van der Waals surface area (Å²) in [6.45, 7) is 0. The molecule has 1 heterocycles. The van der Waals surface area contributed by atoms with E-state index in [4.69, 9.17) is 11.6 Å². The zero-order valence-corrected chi connectivity index (χ0v) is 11.3. The summed E-state index contributed by atoms with van der Waals surface area (Å²) in [5.74, 6) is -0.406. The van der Waals surface area contributed by atoms with Crippen LogP contribution in [0.1, 0.15) is 12.8 Å². The first-order chi connectivity index (χ1) is 8.02. The highest BCUT2D eigenvalue weighted by atomic mass is 79.9. The Balaban J connectivity index is 2.50. The summed E-state index contributed by atoms with van der Waals surface area (Å²) < 4.78 is 5.07. The first kappa shape index (κ1) is 13.9. The molecule has 0 aliphatic heterocycles. The number of amides is 1. The lowest BCUT2D eigenvalue weighted by Gasteiger charge is -2.04. The van der Waals surface area contributed by atoms with E-state index in [9.17, 15) is 9.59 Å². The van der Waals surface area contributed by atoms with Crippen LogP contribution in [0.15, 0.2) is 16.6 Å². The Bertz CT molecular complexity index is 440. The van der Waals surface area contributed by atoms with Gasteiger partial charge in [-0.05, 0) is 28.1 Å². The topological polar surface area (TPSA) is 68.3 Å². The van der Waals surface area contributed by atoms with Crippen molar-refractivity contribution in [3.05, 3.63) is 21.8 Å². The number of halogens is 2. The van der Waals surface area contributed by atoms with E-state index in [1.807, 2.05) is 0 Å². The highest BCUT2D eigenvalue weighted by Crippen LogP contribution is 2.21. The predicted molar refractivity (Wildman–Crippen MR) is 66.8 cm³/mol. The third kappa shape index (κ3) is 4.70. The second-order valence-electron chi connectivity index (χ2n) is 3.09. The summed E-state index contributed by atoms with van der Waals surface area (Å²) in [5, 5.41) is 2.79. The van der Waals surface area contributed by atoms with Gasteiger partial charge in [0, 0.05) is 6.42 Å². The Hall–Kier alpha value is -1.14. The molecule has 1 aromatic rings. The number of carbonyl (C=O) groups excluding carboxylic acids is 2. The van der Waals surface area contributed by atoms with E-state index in [-0.39, 0.29) is 23.9 Å². The Morgan fingerprint density at radius 3 is 2.76 bits per heavy atom. The van der Waals surface area contributed by atoms with Gasteiger partial charge >= 0.3 is 5.97 Å². The van der Waals surface area contributed by atoms with Crippen molar-refractivity contribution in [2.24, 2.45) is 0 Å². The number of hydrogen-bond acceptors (Lipinski definition) is 4. The fourth-order valence-electron chi connectivity index (χ4n) is 1.01. The molecule has 0 spiro atoms. The highest BCUT2D eigenvalue weighted by Gasteiger charge is 2.08. The standard InChI is InChI=1S/C10H10BrClN2O3/c1-17-9(16)5-4-8(15)13-7-3-2-6(11)10(12)14-7/h2-3H,4-5H2,1H3,(H,13,14,15). The predicted octanol–water partition coefficient (Wildman–Crippen LogP) is 2.39. The van der Waals surface area contributed by atoms with Gasteiger partial charge in [0.15, 0.2) is 0 Å². The summed E-state index contributed by atoms with van der Waals surface area (Å²) in [5.41, 5.74) is 0. The van der Waals surface area contributed by atoms with E-state index in [2.05, 4.69) is 31.0 Å². The molecule has 92 valence electrons. The van der Waals surface area contributed by atoms with Crippen molar-refractivity contribution in [1.82, 2.24) is 4.98 Å². The van der Waals surface area contributed by atoms with Crippen LogP contribution in [-0.4, -0.2) is 24.0 Å². The summed E-state index contributed by atoms with van der Waals surface area (Å²) in [7, 11) is 1.27. The van der Waals surface area contributed by atoms with Crippen LogP contribution in [-0.2, 0) is 14.3 Å². The molecule has 5 nitrogen and oxygen atoms in total. The molecule has 0 saturated carbocycles. The van der Waals surface area contributed by atoms with Gasteiger partial charge in [0.05, 0.1) is 18.0 Å². The normalized spacial score (nSPS) is 9.82. The van der Waals surface area contributed by atoms with E-state index in [0.717, 1.165) is 0 Å². The molecule has 1 aromatic heterocycles. The molecule has 7 heteroatoms. The molecule has 0 aliphatic rings. The molecular formula is C10H10BrClN2O3. The van der Waals surface area contributed by atoms with Crippen molar-refractivity contribution in [1.29, 1.82) is 0 Å². The van der Waals surface area contributed by atoms with Crippen molar-refractivity contribution >= 4 is 45.2 Å². The minimum absolute atomic E-state index is 0.0343. The monoisotopic (exact) mass is 320 g/mol. The lowest BCUT2D eigenvalue weighted by atomic mass is 10.3. The minimum Gasteiger partial charge on any atom is -0.469 e. The van der Waals surface area contributed by atoms with Gasteiger partial charge in [0.25, 0.3) is 0 Å². The molecule has 17 heavy (non-hydrogen) atoms. The molecule has 0 aliphatic carbocycles. The maximum absolute atomic E-state index is 11.4. The molecule has 0 aromatic carbocycles. The number of pyridine rings is 1. The number of carbonyl (C=O) groups is 2. The number of ether oxygens (including phenoxy) is 1. The van der Waals surface area contributed by atoms with Gasteiger partial charge in [-0.3, -0.25) is 9.59 Å². The maximum atomic E-state index is 11.4. The van der Waals surface area contributed by atoms with E-state index in [1.165, 1.54) is 7.11 Å². The number of nitrogens with zero attached hydrogens (tertiary/aromatic N) is 1. The van der Waals surface area contributed by atoms with Crippen LogP contribution in [0.4, 0.5) is 5.82 Å². The summed E-state index contributed by atoms with van der Waals surface area (Å²) in [6.07, 6.45) is 0.0780. The van der Waals surface area contributed by atoms with Crippen molar-refractivity contribution in [3.63, 3.8) is 0 Å². The maximum Gasteiger partial charge on any atom is 0.306 e. The van der Waals surface area contributed by atoms with E-state index < -0.39 is 5.97 Å². The van der Waals surface area contributed by atoms with Gasteiger partial charge in [-0.1, -0.05) is 11.6 Å². The van der Waals surface area contributed by atoms with Gasteiger partial charge in [-0.15, -0.1) is 0 Å². The third-order valence-electron chi connectivity index (χ3n) is 1.85. The molecule has 0 radical (unpaired) electrons. The van der Waals surface area contributed by atoms with Gasteiger partial charge in [0.2, 0.25) is 5.91 Å².